The molecule has 2 rings (SSSR count). The van der Waals surface area contributed by atoms with Gasteiger partial charge in [-0.1, -0.05) is 0 Å². The zero-order valence-electron chi connectivity index (χ0n) is 10.2. The second-order valence-electron chi connectivity index (χ2n) is 3.78. The van der Waals surface area contributed by atoms with Crippen molar-refractivity contribution in [2.45, 2.75) is 0 Å². The molecule has 20 heavy (non-hydrogen) atoms. The first-order chi connectivity index (χ1) is 9.60. The van der Waals surface area contributed by atoms with E-state index in [4.69, 9.17) is 4.74 Å². The van der Waals surface area contributed by atoms with Gasteiger partial charge in [0.05, 0.1) is 0 Å². The third-order valence-electron chi connectivity index (χ3n) is 2.36. The summed E-state index contributed by atoms with van der Waals surface area (Å²) in [4.78, 5) is 26.6. The van der Waals surface area contributed by atoms with Gasteiger partial charge in [-0.2, -0.15) is 0 Å². The van der Waals surface area contributed by atoms with Crippen molar-refractivity contribution >= 4 is 12.3 Å². The second-order valence-corrected chi connectivity index (χ2v) is 3.78. The largest absolute Gasteiger partial charge is 0.492 e. The third kappa shape index (κ3) is 3.08. The zero-order chi connectivity index (χ0) is 14.5. The van der Waals surface area contributed by atoms with E-state index in [9.17, 15) is 19.8 Å². The highest BCUT2D eigenvalue weighted by Crippen LogP contribution is 2.18. The van der Waals surface area contributed by atoms with Gasteiger partial charge in [0.2, 0.25) is 11.8 Å². The molecule has 0 bridgehead atoms. The number of carbonyl (C=O) groups is 2. The minimum Gasteiger partial charge on any atom is -0.492 e. The van der Waals surface area contributed by atoms with Crippen molar-refractivity contribution in [1.82, 2.24) is 4.73 Å². The van der Waals surface area contributed by atoms with Gasteiger partial charge in [0.15, 0.2) is 6.61 Å². The topological polar surface area (TPSA) is 98.0 Å². The molecule has 0 aliphatic carbocycles. The Morgan fingerprint density at radius 1 is 1.10 bits per heavy atom. The molecule has 7 heteroatoms. The Labute approximate surface area is 113 Å². The van der Waals surface area contributed by atoms with Gasteiger partial charge < -0.3 is 19.8 Å². The van der Waals surface area contributed by atoms with Crippen LogP contribution in [0, 0.1) is 0 Å². The van der Waals surface area contributed by atoms with Gasteiger partial charge in [0, 0.05) is 17.7 Å². The van der Waals surface area contributed by atoms with Crippen LogP contribution in [0.25, 0.3) is 0 Å². The molecule has 2 N–H and O–H groups in total. The van der Waals surface area contributed by atoms with E-state index < -0.39 is 24.3 Å². The quantitative estimate of drug-likeness (QED) is 0.782. The van der Waals surface area contributed by atoms with E-state index in [1.54, 1.807) is 0 Å². The van der Waals surface area contributed by atoms with Crippen LogP contribution in [0.1, 0.15) is 10.4 Å². The molecule has 0 amide bonds. The molecule has 0 spiro atoms. The van der Waals surface area contributed by atoms with Crippen molar-refractivity contribution in [2.75, 3.05) is 6.61 Å². The first-order valence-electron chi connectivity index (χ1n) is 5.59. The molecule has 0 aliphatic rings. The molecular formula is C13H11NO6. The first-order valence-corrected chi connectivity index (χ1v) is 5.59. The highest BCUT2D eigenvalue weighted by molar-refractivity contribution is 5.75. The standard InChI is InChI=1S/C13H11NO6/c15-7-9-1-3-10(4-2-9)19-8-13(18)20-14-11(16)5-6-12(14)17/h1-7,16-17H,8H2. The molecule has 0 unspecified atom stereocenters. The van der Waals surface area contributed by atoms with E-state index in [-0.39, 0.29) is 0 Å². The van der Waals surface area contributed by atoms with Crippen LogP contribution in [0.5, 0.6) is 17.5 Å². The summed E-state index contributed by atoms with van der Waals surface area (Å²) in [5.74, 6) is -1.25. The van der Waals surface area contributed by atoms with Crippen molar-refractivity contribution in [2.24, 2.45) is 0 Å². The number of aromatic hydroxyl groups is 2. The number of hydrogen-bond donors (Lipinski definition) is 2. The lowest BCUT2D eigenvalue weighted by molar-refractivity contribution is -0.147. The Balaban J connectivity index is 1.90. The normalized spacial score (nSPS) is 10.0. The van der Waals surface area contributed by atoms with Gasteiger partial charge in [-0.15, -0.1) is 4.73 Å². The predicted octanol–water partition coefficient (Wildman–Crippen LogP) is 0.746. The van der Waals surface area contributed by atoms with Crippen LogP contribution in [0.2, 0.25) is 0 Å². The molecular weight excluding hydrogens is 266 g/mol. The summed E-state index contributed by atoms with van der Waals surface area (Å²) < 4.78 is 5.70. The fraction of sp³-hybridized carbons (Fsp3) is 0.0769. The maximum Gasteiger partial charge on any atom is 0.370 e. The Morgan fingerprint density at radius 3 is 2.25 bits per heavy atom. The fourth-order valence-corrected chi connectivity index (χ4v) is 1.41. The SMILES string of the molecule is O=Cc1ccc(OCC(=O)On2c(O)ccc2O)cc1. The predicted molar refractivity (Wildman–Crippen MR) is 66.7 cm³/mol. The number of aromatic nitrogens is 1. The smallest absolute Gasteiger partial charge is 0.370 e. The van der Waals surface area contributed by atoms with E-state index in [1.807, 2.05) is 0 Å². The number of nitrogens with zero attached hydrogens (tertiary/aromatic N) is 1. The molecule has 1 aromatic heterocycles. The van der Waals surface area contributed by atoms with E-state index >= 15 is 0 Å². The van der Waals surface area contributed by atoms with Crippen LogP contribution in [0.15, 0.2) is 36.4 Å². The molecule has 0 radical (unpaired) electrons. The summed E-state index contributed by atoms with van der Waals surface area (Å²) >= 11 is 0. The van der Waals surface area contributed by atoms with Gasteiger partial charge in [-0.3, -0.25) is 4.79 Å². The molecule has 0 saturated heterocycles. The summed E-state index contributed by atoms with van der Waals surface area (Å²) in [7, 11) is 0. The van der Waals surface area contributed by atoms with Gasteiger partial charge in [0.1, 0.15) is 12.0 Å². The maximum absolute atomic E-state index is 11.5. The van der Waals surface area contributed by atoms with Crippen molar-refractivity contribution in [3.63, 3.8) is 0 Å². The summed E-state index contributed by atoms with van der Waals surface area (Å²) in [6.45, 7) is -0.419. The van der Waals surface area contributed by atoms with E-state index in [1.165, 1.54) is 36.4 Å². The van der Waals surface area contributed by atoms with Crippen molar-refractivity contribution < 1.29 is 29.4 Å². The fourth-order valence-electron chi connectivity index (χ4n) is 1.41. The molecule has 1 aromatic carbocycles. The Bertz CT molecular complexity index is 597. The molecule has 2 aromatic rings. The van der Waals surface area contributed by atoms with Crippen LogP contribution >= 0.6 is 0 Å². The van der Waals surface area contributed by atoms with Crippen molar-refractivity contribution in [3.05, 3.63) is 42.0 Å². The number of aldehydes is 1. The third-order valence-corrected chi connectivity index (χ3v) is 2.36. The lowest BCUT2D eigenvalue weighted by atomic mass is 10.2. The van der Waals surface area contributed by atoms with Crippen LogP contribution in [0.4, 0.5) is 0 Å². The highest BCUT2D eigenvalue weighted by atomic mass is 16.7. The molecule has 0 atom stereocenters. The van der Waals surface area contributed by atoms with Crippen LogP contribution in [0.3, 0.4) is 0 Å². The van der Waals surface area contributed by atoms with E-state index in [0.29, 0.717) is 22.3 Å². The first kappa shape index (κ1) is 13.5. The summed E-state index contributed by atoms with van der Waals surface area (Å²) in [6, 6.07) is 8.47. The minimum atomic E-state index is -0.814. The lowest BCUT2D eigenvalue weighted by Crippen LogP contribution is -2.24. The van der Waals surface area contributed by atoms with Crippen LogP contribution < -0.4 is 9.57 Å². The molecule has 0 fully saturated rings. The van der Waals surface area contributed by atoms with E-state index in [0.717, 1.165) is 0 Å². The molecule has 7 nitrogen and oxygen atoms in total. The summed E-state index contributed by atoms with van der Waals surface area (Å²) in [6.07, 6.45) is 0.690. The zero-order valence-corrected chi connectivity index (χ0v) is 10.2. The number of ether oxygens (including phenoxy) is 1. The van der Waals surface area contributed by atoms with Crippen molar-refractivity contribution in [1.29, 1.82) is 0 Å². The molecule has 104 valence electrons. The van der Waals surface area contributed by atoms with Gasteiger partial charge >= 0.3 is 5.97 Å². The van der Waals surface area contributed by atoms with Gasteiger partial charge in [-0.05, 0) is 24.3 Å². The minimum absolute atomic E-state index is 0.383. The lowest BCUT2D eigenvalue weighted by Gasteiger charge is -2.08. The number of carbonyl (C=O) groups excluding carboxylic acids is 2. The van der Waals surface area contributed by atoms with E-state index in [2.05, 4.69) is 4.84 Å². The average Bonchev–Trinajstić information content (AvgIpc) is 2.77. The molecule has 0 aliphatic heterocycles. The van der Waals surface area contributed by atoms with Crippen LogP contribution in [-0.4, -0.2) is 33.8 Å². The number of hydrogen-bond acceptors (Lipinski definition) is 6. The average molecular weight is 277 g/mol. The number of rotatable bonds is 5. The Hall–Kier alpha value is -2.96. The Morgan fingerprint density at radius 2 is 1.70 bits per heavy atom. The van der Waals surface area contributed by atoms with Crippen LogP contribution in [-0.2, 0) is 4.79 Å². The molecule has 1 heterocycles. The Kier molecular flexibility index (Phi) is 3.90. The monoisotopic (exact) mass is 277 g/mol. The molecule has 0 saturated carbocycles. The highest BCUT2D eigenvalue weighted by Gasteiger charge is 2.12. The summed E-state index contributed by atoms with van der Waals surface area (Å²) in [5, 5.41) is 18.6. The van der Waals surface area contributed by atoms with Crippen molar-refractivity contribution in [3.8, 4) is 17.5 Å². The van der Waals surface area contributed by atoms with Gasteiger partial charge in [0.25, 0.3) is 0 Å². The van der Waals surface area contributed by atoms with Gasteiger partial charge in [-0.25, -0.2) is 4.79 Å². The maximum atomic E-state index is 11.5. The summed E-state index contributed by atoms with van der Waals surface area (Å²) in [5.41, 5.74) is 0.488. The second kappa shape index (κ2) is 5.79. The number of benzene rings is 1.